The first-order chi connectivity index (χ1) is 7.40. The Bertz CT molecular complexity index is 455. The van der Waals surface area contributed by atoms with E-state index in [1.807, 2.05) is 24.3 Å². The highest BCUT2D eigenvalue weighted by Crippen LogP contribution is 2.19. The van der Waals surface area contributed by atoms with Gasteiger partial charge in [-0.3, -0.25) is 4.79 Å². The molecule has 1 heterocycles. The lowest BCUT2D eigenvalue weighted by molar-refractivity contribution is -0.104. The number of benzene rings is 1. The van der Waals surface area contributed by atoms with Gasteiger partial charge in [0.1, 0.15) is 6.29 Å². The molecule has 0 unspecified atom stereocenters. The zero-order valence-electron chi connectivity index (χ0n) is 7.96. The van der Waals surface area contributed by atoms with E-state index in [2.05, 4.69) is 5.16 Å². The van der Waals surface area contributed by atoms with Gasteiger partial charge in [0.05, 0.1) is 6.20 Å². The summed E-state index contributed by atoms with van der Waals surface area (Å²) < 4.78 is 5.02. The predicted molar refractivity (Wildman–Crippen MR) is 57.0 cm³/mol. The molecule has 0 aliphatic heterocycles. The van der Waals surface area contributed by atoms with Gasteiger partial charge in [-0.25, -0.2) is 0 Å². The maximum absolute atomic E-state index is 10.1. The first kappa shape index (κ1) is 9.40. The van der Waals surface area contributed by atoms with Crippen LogP contribution in [-0.2, 0) is 4.79 Å². The Morgan fingerprint density at radius 3 is 2.53 bits per heavy atom. The zero-order valence-corrected chi connectivity index (χ0v) is 7.96. The molecule has 0 saturated carbocycles. The molecule has 0 atom stereocenters. The van der Waals surface area contributed by atoms with Crippen LogP contribution in [0.5, 0.6) is 0 Å². The highest BCUT2D eigenvalue weighted by Gasteiger charge is 1.99. The molecule has 3 heteroatoms. The van der Waals surface area contributed by atoms with Crippen molar-refractivity contribution in [3.8, 4) is 11.3 Å². The van der Waals surface area contributed by atoms with Crippen LogP contribution in [-0.4, -0.2) is 11.4 Å². The van der Waals surface area contributed by atoms with Gasteiger partial charge in [0.2, 0.25) is 0 Å². The van der Waals surface area contributed by atoms with Crippen molar-refractivity contribution in [2.45, 2.75) is 0 Å². The van der Waals surface area contributed by atoms with Gasteiger partial charge in [0.25, 0.3) is 0 Å². The molecule has 0 bridgehead atoms. The molecule has 2 aromatic rings. The van der Waals surface area contributed by atoms with Gasteiger partial charge in [0.15, 0.2) is 5.76 Å². The number of aldehydes is 1. The Labute approximate surface area is 87.0 Å². The van der Waals surface area contributed by atoms with Gasteiger partial charge >= 0.3 is 0 Å². The summed E-state index contributed by atoms with van der Waals surface area (Å²) >= 11 is 0. The molecule has 74 valence electrons. The number of aromatic nitrogens is 1. The zero-order chi connectivity index (χ0) is 10.5. The molecule has 0 aliphatic carbocycles. The molecule has 0 saturated heterocycles. The average molecular weight is 199 g/mol. The largest absolute Gasteiger partial charge is 0.356 e. The van der Waals surface area contributed by atoms with Gasteiger partial charge < -0.3 is 4.52 Å². The molecule has 3 nitrogen and oxygen atoms in total. The fraction of sp³-hybridized carbons (Fsp3) is 0. The van der Waals surface area contributed by atoms with Crippen molar-refractivity contribution >= 4 is 12.4 Å². The lowest BCUT2D eigenvalue weighted by Crippen LogP contribution is -1.75. The number of rotatable bonds is 3. The third-order valence-electron chi connectivity index (χ3n) is 2.00. The van der Waals surface area contributed by atoms with E-state index in [4.69, 9.17) is 4.52 Å². The van der Waals surface area contributed by atoms with E-state index < -0.39 is 0 Å². The monoisotopic (exact) mass is 199 g/mol. The van der Waals surface area contributed by atoms with Crippen molar-refractivity contribution in [1.29, 1.82) is 0 Å². The summed E-state index contributed by atoms with van der Waals surface area (Å²) in [5, 5.41) is 3.64. The summed E-state index contributed by atoms with van der Waals surface area (Å²) in [6, 6.07) is 9.47. The Hall–Kier alpha value is -2.16. The van der Waals surface area contributed by atoms with Crippen molar-refractivity contribution in [3.63, 3.8) is 0 Å². The minimum atomic E-state index is 0.737. The van der Waals surface area contributed by atoms with E-state index in [0.717, 1.165) is 23.2 Å². The SMILES string of the molecule is O=CC=Cc1ccc(-c2ccno2)cc1. The summed E-state index contributed by atoms with van der Waals surface area (Å²) in [6.45, 7) is 0. The average Bonchev–Trinajstić information content (AvgIpc) is 2.80. The van der Waals surface area contributed by atoms with Crippen LogP contribution < -0.4 is 0 Å². The number of allylic oxidation sites excluding steroid dienone is 1. The Kier molecular flexibility index (Phi) is 2.74. The lowest BCUT2D eigenvalue weighted by Gasteiger charge is -1.96. The molecule has 0 spiro atoms. The lowest BCUT2D eigenvalue weighted by atomic mass is 10.1. The number of hydrogen-bond acceptors (Lipinski definition) is 3. The van der Waals surface area contributed by atoms with Crippen LogP contribution in [0.25, 0.3) is 17.4 Å². The molecule has 0 fully saturated rings. The van der Waals surface area contributed by atoms with Crippen LogP contribution in [0.15, 0.2) is 47.1 Å². The molecule has 0 amide bonds. The Morgan fingerprint density at radius 2 is 1.93 bits per heavy atom. The second-order valence-electron chi connectivity index (χ2n) is 2.99. The summed E-state index contributed by atoms with van der Waals surface area (Å²) in [7, 11) is 0. The van der Waals surface area contributed by atoms with Crippen molar-refractivity contribution < 1.29 is 9.32 Å². The third kappa shape index (κ3) is 2.20. The summed E-state index contributed by atoms with van der Waals surface area (Å²) in [5.41, 5.74) is 1.95. The molecule has 1 aromatic heterocycles. The van der Waals surface area contributed by atoms with E-state index in [9.17, 15) is 4.79 Å². The molecule has 0 radical (unpaired) electrons. The van der Waals surface area contributed by atoms with Gasteiger partial charge in [-0.15, -0.1) is 0 Å². The number of hydrogen-bond donors (Lipinski definition) is 0. The van der Waals surface area contributed by atoms with E-state index in [-0.39, 0.29) is 0 Å². The van der Waals surface area contributed by atoms with Crippen LogP contribution in [0.4, 0.5) is 0 Å². The summed E-state index contributed by atoms with van der Waals surface area (Å²) in [5.74, 6) is 0.737. The predicted octanol–water partition coefficient (Wildman–Crippen LogP) is 2.55. The molecular formula is C12H9NO2. The second kappa shape index (κ2) is 4.37. The van der Waals surface area contributed by atoms with Crippen LogP contribution in [0.3, 0.4) is 0 Å². The van der Waals surface area contributed by atoms with Gasteiger partial charge in [-0.05, 0) is 11.6 Å². The third-order valence-corrected chi connectivity index (χ3v) is 2.00. The highest BCUT2D eigenvalue weighted by atomic mass is 16.5. The van der Waals surface area contributed by atoms with Crippen LogP contribution >= 0.6 is 0 Å². The first-order valence-corrected chi connectivity index (χ1v) is 4.53. The van der Waals surface area contributed by atoms with E-state index >= 15 is 0 Å². The molecular weight excluding hydrogens is 190 g/mol. The minimum absolute atomic E-state index is 0.737. The van der Waals surface area contributed by atoms with Crippen molar-refractivity contribution in [3.05, 3.63) is 48.2 Å². The number of carbonyl (C=O) groups is 1. The molecule has 0 aliphatic rings. The van der Waals surface area contributed by atoms with Crippen molar-refractivity contribution in [2.24, 2.45) is 0 Å². The first-order valence-electron chi connectivity index (χ1n) is 4.53. The van der Waals surface area contributed by atoms with E-state index in [1.165, 1.54) is 6.08 Å². The quantitative estimate of drug-likeness (QED) is 0.563. The maximum Gasteiger partial charge on any atom is 0.166 e. The maximum atomic E-state index is 10.1. The highest BCUT2D eigenvalue weighted by molar-refractivity contribution is 5.74. The second-order valence-corrected chi connectivity index (χ2v) is 2.99. The molecule has 1 aromatic carbocycles. The molecule has 2 rings (SSSR count). The minimum Gasteiger partial charge on any atom is -0.356 e. The van der Waals surface area contributed by atoms with Crippen LogP contribution in [0.2, 0.25) is 0 Å². The van der Waals surface area contributed by atoms with Crippen LogP contribution in [0.1, 0.15) is 5.56 Å². The Morgan fingerprint density at radius 1 is 1.13 bits per heavy atom. The fourth-order valence-electron chi connectivity index (χ4n) is 1.27. The number of carbonyl (C=O) groups excluding carboxylic acids is 1. The summed E-state index contributed by atoms with van der Waals surface area (Å²) in [6.07, 6.45) is 5.57. The van der Waals surface area contributed by atoms with Crippen LogP contribution in [0, 0.1) is 0 Å². The van der Waals surface area contributed by atoms with Crippen molar-refractivity contribution in [1.82, 2.24) is 5.16 Å². The van der Waals surface area contributed by atoms with Gasteiger partial charge in [-0.1, -0.05) is 35.5 Å². The van der Waals surface area contributed by atoms with Crippen molar-refractivity contribution in [2.75, 3.05) is 0 Å². The topological polar surface area (TPSA) is 43.1 Å². The number of nitrogens with zero attached hydrogens (tertiary/aromatic N) is 1. The van der Waals surface area contributed by atoms with E-state index in [0.29, 0.717) is 0 Å². The smallest absolute Gasteiger partial charge is 0.166 e. The summed E-state index contributed by atoms with van der Waals surface area (Å²) in [4.78, 5) is 10.1. The normalized spacial score (nSPS) is 10.7. The Balaban J connectivity index is 2.24. The fourth-order valence-corrected chi connectivity index (χ4v) is 1.27. The molecule has 15 heavy (non-hydrogen) atoms. The standard InChI is InChI=1S/C12H9NO2/c14-9-1-2-10-3-5-11(6-4-10)12-7-8-13-15-12/h1-9H. The van der Waals surface area contributed by atoms with Gasteiger partial charge in [-0.2, -0.15) is 0 Å². The molecule has 0 N–H and O–H groups in total. The van der Waals surface area contributed by atoms with Gasteiger partial charge in [0, 0.05) is 11.6 Å². The van der Waals surface area contributed by atoms with E-state index in [1.54, 1.807) is 18.3 Å².